The minimum Gasteiger partial charge on any atom is -0.350 e. The maximum atomic E-state index is 12.6. The Labute approximate surface area is 180 Å². The van der Waals surface area contributed by atoms with E-state index in [9.17, 15) is 14.4 Å². The number of rotatable bonds is 5. The zero-order valence-electron chi connectivity index (χ0n) is 15.8. The number of aryl methyl sites for hydroxylation is 1. The summed E-state index contributed by atoms with van der Waals surface area (Å²) in [5.74, 6) is -0.743. The van der Waals surface area contributed by atoms with E-state index < -0.39 is 0 Å². The largest absolute Gasteiger partial charge is 0.350 e. The summed E-state index contributed by atoms with van der Waals surface area (Å²) in [6.07, 6.45) is 4.94. The first kappa shape index (κ1) is 20.1. The highest BCUT2D eigenvalue weighted by Gasteiger charge is 2.34. The van der Waals surface area contributed by atoms with Crippen LogP contribution in [0, 0.1) is 6.92 Å². The van der Waals surface area contributed by atoms with Crippen LogP contribution in [-0.4, -0.2) is 49.6 Å². The summed E-state index contributed by atoms with van der Waals surface area (Å²) in [4.78, 5) is 43.0. The number of fused-ring (bicyclic) bond motifs is 1. The Kier molecular flexibility index (Phi) is 5.56. The molecule has 0 radical (unpaired) electrons. The average molecular weight is 442 g/mol. The molecule has 0 saturated carbocycles. The van der Waals surface area contributed by atoms with Crippen molar-refractivity contribution in [2.24, 2.45) is 0 Å². The van der Waals surface area contributed by atoms with Crippen LogP contribution in [0.4, 0.5) is 4.79 Å². The van der Waals surface area contributed by atoms with Gasteiger partial charge in [-0.1, -0.05) is 23.7 Å². The van der Waals surface area contributed by atoms with Crippen LogP contribution in [0.5, 0.6) is 0 Å². The van der Waals surface area contributed by atoms with E-state index >= 15 is 0 Å². The number of benzene rings is 1. The molecule has 4 rings (SSSR count). The molecule has 1 aliphatic heterocycles. The summed E-state index contributed by atoms with van der Waals surface area (Å²) in [5, 5.41) is 7.21. The Hall–Kier alpha value is -3.17. The standard InChI is InChI=1S/C20H16ClN5O3S/c1-12-16(17-22-7-2-9-26(17)24-12)18(27)23-8-10-25-19(28)15(30-20(25)29)11-13-3-5-14(21)6-4-13/h2-7,9,11H,8,10H2,1H3,(H,23,27)/b15-11+. The fraction of sp³-hybridized carbons (Fsp3) is 0.150. The van der Waals surface area contributed by atoms with Gasteiger partial charge in [0.05, 0.1) is 10.6 Å². The minimum atomic E-state index is -0.386. The third-order valence-electron chi connectivity index (χ3n) is 4.46. The number of aromatic nitrogens is 3. The highest BCUT2D eigenvalue weighted by atomic mass is 35.5. The first-order valence-electron chi connectivity index (χ1n) is 9.03. The molecule has 8 nitrogen and oxygen atoms in total. The molecule has 1 fully saturated rings. The van der Waals surface area contributed by atoms with Crippen LogP contribution in [0.3, 0.4) is 0 Å². The van der Waals surface area contributed by atoms with Crippen LogP contribution < -0.4 is 5.32 Å². The number of hydrogen-bond donors (Lipinski definition) is 1. The molecule has 0 aliphatic carbocycles. The van der Waals surface area contributed by atoms with E-state index in [1.54, 1.807) is 55.7 Å². The van der Waals surface area contributed by atoms with Gasteiger partial charge in [0.25, 0.3) is 17.1 Å². The van der Waals surface area contributed by atoms with Crippen molar-refractivity contribution in [1.82, 2.24) is 24.8 Å². The lowest BCUT2D eigenvalue weighted by Crippen LogP contribution is -2.37. The molecule has 1 N–H and O–H groups in total. The SMILES string of the molecule is Cc1nn2cccnc2c1C(=O)NCCN1C(=O)S/C(=C/c2ccc(Cl)cc2)C1=O. The summed E-state index contributed by atoms with van der Waals surface area (Å²) in [6, 6.07) is 8.68. The molecule has 0 spiro atoms. The van der Waals surface area contributed by atoms with Crippen molar-refractivity contribution in [3.63, 3.8) is 0 Å². The van der Waals surface area contributed by atoms with Gasteiger partial charge in [-0.15, -0.1) is 0 Å². The first-order chi connectivity index (χ1) is 14.4. The Morgan fingerprint density at radius 2 is 2.03 bits per heavy atom. The van der Waals surface area contributed by atoms with Crippen molar-refractivity contribution in [3.05, 3.63) is 69.5 Å². The van der Waals surface area contributed by atoms with Gasteiger partial charge in [0, 0.05) is 30.5 Å². The Morgan fingerprint density at radius 3 is 2.80 bits per heavy atom. The van der Waals surface area contributed by atoms with Crippen LogP contribution in [-0.2, 0) is 4.79 Å². The lowest BCUT2D eigenvalue weighted by molar-refractivity contribution is -0.122. The van der Waals surface area contributed by atoms with Crippen molar-refractivity contribution in [2.75, 3.05) is 13.1 Å². The lowest BCUT2D eigenvalue weighted by Gasteiger charge is -2.12. The monoisotopic (exact) mass is 441 g/mol. The maximum Gasteiger partial charge on any atom is 0.293 e. The molecule has 3 aromatic rings. The smallest absolute Gasteiger partial charge is 0.293 e. The van der Waals surface area contributed by atoms with Gasteiger partial charge in [-0.05, 0) is 48.5 Å². The molecule has 0 bridgehead atoms. The fourth-order valence-corrected chi connectivity index (χ4v) is 4.03. The van der Waals surface area contributed by atoms with Gasteiger partial charge < -0.3 is 5.32 Å². The number of amides is 3. The lowest BCUT2D eigenvalue weighted by atomic mass is 10.2. The highest BCUT2D eigenvalue weighted by molar-refractivity contribution is 8.18. The summed E-state index contributed by atoms with van der Waals surface area (Å²) in [7, 11) is 0. The topological polar surface area (TPSA) is 96.7 Å². The molecule has 3 heterocycles. The number of nitrogens with zero attached hydrogens (tertiary/aromatic N) is 4. The number of hydrogen-bond acceptors (Lipinski definition) is 6. The van der Waals surface area contributed by atoms with Crippen LogP contribution in [0.25, 0.3) is 11.7 Å². The van der Waals surface area contributed by atoms with Gasteiger partial charge in [0.15, 0.2) is 5.65 Å². The number of thioether (sulfide) groups is 1. The molecule has 0 atom stereocenters. The van der Waals surface area contributed by atoms with Crippen LogP contribution in [0.1, 0.15) is 21.6 Å². The van der Waals surface area contributed by atoms with Gasteiger partial charge in [-0.3, -0.25) is 19.3 Å². The number of imide groups is 1. The summed E-state index contributed by atoms with van der Waals surface area (Å²) in [6.45, 7) is 1.91. The zero-order valence-corrected chi connectivity index (χ0v) is 17.4. The van der Waals surface area contributed by atoms with E-state index in [0.29, 0.717) is 26.8 Å². The van der Waals surface area contributed by atoms with Crippen molar-refractivity contribution in [1.29, 1.82) is 0 Å². The van der Waals surface area contributed by atoms with E-state index in [4.69, 9.17) is 11.6 Å². The Morgan fingerprint density at radius 1 is 1.27 bits per heavy atom. The molecule has 152 valence electrons. The number of halogens is 1. The number of carbonyl (C=O) groups is 3. The van der Waals surface area contributed by atoms with Crippen LogP contribution in [0.2, 0.25) is 5.02 Å². The van der Waals surface area contributed by atoms with E-state index in [2.05, 4.69) is 15.4 Å². The second-order valence-electron chi connectivity index (χ2n) is 6.49. The first-order valence-corrected chi connectivity index (χ1v) is 10.2. The molecule has 1 saturated heterocycles. The van der Waals surface area contributed by atoms with E-state index in [1.807, 2.05) is 0 Å². The van der Waals surface area contributed by atoms with Crippen LogP contribution >= 0.6 is 23.4 Å². The molecule has 2 aromatic heterocycles. The predicted octanol–water partition coefficient (Wildman–Crippen LogP) is 3.16. The third kappa shape index (κ3) is 3.94. The second kappa shape index (κ2) is 8.29. The fourth-order valence-electron chi connectivity index (χ4n) is 3.04. The van der Waals surface area contributed by atoms with Crippen molar-refractivity contribution in [2.45, 2.75) is 6.92 Å². The quantitative estimate of drug-likeness (QED) is 0.611. The normalized spacial score (nSPS) is 15.4. The molecule has 30 heavy (non-hydrogen) atoms. The van der Waals surface area contributed by atoms with Gasteiger partial charge >= 0.3 is 0 Å². The number of nitrogens with one attached hydrogen (secondary N) is 1. The Balaban J connectivity index is 1.40. The second-order valence-corrected chi connectivity index (χ2v) is 7.92. The summed E-state index contributed by atoms with van der Waals surface area (Å²) >= 11 is 6.74. The van der Waals surface area contributed by atoms with Crippen molar-refractivity contribution >= 4 is 52.1 Å². The van der Waals surface area contributed by atoms with Gasteiger partial charge in [0.1, 0.15) is 5.56 Å². The van der Waals surface area contributed by atoms with Crippen LogP contribution in [0.15, 0.2) is 47.6 Å². The molecule has 3 amide bonds. The predicted molar refractivity (Wildman–Crippen MR) is 114 cm³/mol. The van der Waals surface area contributed by atoms with Gasteiger partial charge in [0.2, 0.25) is 0 Å². The van der Waals surface area contributed by atoms with Gasteiger partial charge in [-0.2, -0.15) is 5.10 Å². The molecule has 1 aliphatic rings. The molecular weight excluding hydrogens is 426 g/mol. The Bertz CT molecular complexity index is 1190. The zero-order chi connectivity index (χ0) is 21.3. The third-order valence-corrected chi connectivity index (χ3v) is 5.62. The molecule has 10 heteroatoms. The maximum absolute atomic E-state index is 12.6. The molecule has 1 aromatic carbocycles. The van der Waals surface area contributed by atoms with Crippen molar-refractivity contribution in [3.8, 4) is 0 Å². The van der Waals surface area contributed by atoms with E-state index in [1.165, 1.54) is 4.52 Å². The van der Waals surface area contributed by atoms with E-state index in [-0.39, 0.29) is 30.1 Å². The van der Waals surface area contributed by atoms with Crippen molar-refractivity contribution < 1.29 is 14.4 Å². The summed E-state index contributed by atoms with van der Waals surface area (Å²) in [5.41, 5.74) is 2.13. The number of carbonyl (C=O) groups excluding carboxylic acids is 3. The highest BCUT2D eigenvalue weighted by Crippen LogP contribution is 2.32. The molecular formula is C20H16ClN5O3S. The molecule has 0 unspecified atom stereocenters. The average Bonchev–Trinajstić information content (AvgIpc) is 3.19. The minimum absolute atomic E-state index is 0.0695. The van der Waals surface area contributed by atoms with E-state index in [0.717, 1.165) is 22.2 Å². The summed E-state index contributed by atoms with van der Waals surface area (Å²) < 4.78 is 1.53. The van der Waals surface area contributed by atoms with Gasteiger partial charge in [-0.25, -0.2) is 9.50 Å².